The molecule has 0 atom stereocenters. The van der Waals surface area contributed by atoms with Gasteiger partial charge in [0.1, 0.15) is 0 Å². The molecule has 1 rings (SSSR count). The van der Waals surface area contributed by atoms with Gasteiger partial charge >= 0.3 is 18.9 Å². The smallest absolute Gasteiger partial charge is 0.328 e. The Balaban J connectivity index is 0. The van der Waals surface area contributed by atoms with Crippen LogP contribution in [0, 0.1) is 6.07 Å². The standard InChI is InChI=1S/C7H8N.C6H14.Li/c8-6-7-4-2-1-3-5-7;1-3-5-6-4-2;/h2-5H,6,8H2;3-6H2,1-2H3;/q-1;;+1. The number of rotatable bonds is 4. The van der Waals surface area contributed by atoms with E-state index in [-0.39, 0.29) is 18.9 Å². The van der Waals surface area contributed by atoms with Crippen molar-refractivity contribution in [2.75, 3.05) is 0 Å². The van der Waals surface area contributed by atoms with Gasteiger partial charge in [-0.25, -0.2) is 0 Å². The summed E-state index contributed by atoms with van der Waals surface area (Å²) in [5, 5.41) is 0. The Hall–Kier alpha value is -0.223. The summed E-state index contributed by atoms with van der Waals surface area (Å²) >= 11 is 0. The van der Waals surface area contributed by atoms with Crippen molar-refractivity contribution in [3.63, 3.8) is 0 Å². The van der Waals surface area contributed by atoms with Crippen LogP contribution < -0.4 is 24.6 Å². The van der Waals surface area contributed by atoms with Gasteiger partial charge in [0.25, 0.3) is 0 Å². The molecule has 0 amide bonds. The Kier molecular flexibility index (Phi) is 15.8. The summed E-state index contributed by atoms with van der Waals surface area (Å²) in [5.74, 6) is 0. The van der Waals surface area contributed by atoms with Crippen LogP contribution in [0.2, 0.25) is 0 Å². The maximum Gasteiger partial charge on any atom is 1.00 e. The first-order valence-electron chi connectivity index (χ1n) is 5.50. The van der Waals surface area contributed by atoms with Gasteiger partial charge < -0.3 is 5.73 Å². The van der Waals surface area contributed by atoms with E-state index in [0.29, 0.717) is 6.54 Å². The molecule has 0 saturated carbocycles. The summed E-state index contributed by atoms with van der Waals surface area (Å²) in [6, 6.07) is 10.6. The minimum Gasteiger partial charge on any atom is -0.328 e. The van der Waals surface area contributed by atoms with Gasteiger partial charge in [0.05, 0.1) is 0 Å². The second kappa shape index (κ2) is 13.8. The molecule has 0 aliphatic rings. The van der Waals surface area contributed by atoms with Gasteiger partial charge in [-0.3, -0.25) is 0 Å². The van der Waals surface area contributed by atoms with Gasteiger partial charge in [-0.05, 0) is 6.54 Å². The molecule has 1 nitrogen and oxygen atoms in total. The second-order valence-corrected chi connectivity index (χ2v) is 3.32. The minimum atomic E-state index is 0. The summed E-state index contributed by atoms with van der Waals surface area (Å²) in [6.07, 6.45) is 5.54. The van der Waals surface area contributed by atoms with E-state index < -0.39 is 0 Å². The van der Waals surface area contributed by atoms with Crippen molar-refractivity contribution in [2.24, 2.45) is 5.73 Å². The molecule has 1 aromatic carbocycles. The van der Waals surface area contributed by atoms with Crippen molar-refractivity contribution in [1.82, 2.24) is 0 Å². The molecule has 0 heterocycles. The first-order valence-corrected chi connectivity index (χ1v) is 5.50. The SMILES string of the molecule is CCCCCC.NCc1cc[c-]cc1.[Li+]. The summed E-state index contributed by atoms with van der Waals surface area (Å²) in [4.78, 5) is 0. The molecule has 15 heavy (non-hydrogen) atoms. The molecule has 0 aliphatic heterocycles. The van der Waals surface area contributed by atoms with Crippen LogP contribution in [0.25, 0.3) is 0 Å². The average Bonchev–Trinajstić information content (AvgIpc) is 2.28. The molecular formula is C13H22LiN. The van der Waals surface area contributed by atoms with E-state index in [9.17, 15) is 0 Å². The van der Waals surface area contributed by atoms with Gasteiger partial charge in [0.2, 0.25) is 0 Å². The second-order valence-electron chi connectivity index (χ2n) is 3.32. The third-order valence-corrected chi connectivity index (χ3v) is 1.98. The van der Waals surface area contributed by atoms with Crippen LogP contribution in [0.3, 0.4) is 0 Å². The van der Waals surface area contributed by atoms with E-state index in [0.717, 1.165) is 5.56 Å². The number of nitrogens with two attached hydrogens (primary N) is 1. The fourth-order valence-corrected chi connectivity index (χ4v) is 1.06. The van der Waals surface area contributed by atoms with Gasteiger partial charge in [0, 0.05) is 0 Å². The summed E-state index contributed by atoms with van der Waals surface area (Å²) in [6.45, 7) is 5.08. The van der Waals surface area contributed by atoms with Crippen molar-refractivity contribution in [3.05, 3.63) is 35.9 Å². The molecule has 2 heteroatoms. The zero-order chi connectivity index (χ0) is 10.6. The van der Waals surface area contributed by atoms with Crippen LogP contribution in [-0.2, 0) is 6.54 Å². The van der Waals surface area contributed by atoms with Crippen LogP contribution in [-0.4, -0.2) is 0 Å². The average molecular weight is 199 g/mol. The molecule has 0 saturated heterocycles. The molecular weight excluding hydrogens is 177 g/mol. The molecule has 0 fully saturated rings. The van der Waals surface area contributed by atoms with Crippen LogP contribution in [0.5, 0.6) is 0 Å². The molecule has 0 radical (unpaired) electrons. The Morgan fingerprint density at radius 1 is 1.07 bits per heavy atom. The zero-order valence-corrected chi connectivity index (χ0v) is 10.4. The molecule has 80 valence electrons. The maximum atomic E-state index is 5.34. The van der Waals surface area contributed by atoms with Gasteiger partial charge in [0.15, 0.2) is 0 Å². The quantitative estimate of drug-likeness (QED) is 0.427. The minimum absolute atomic E-state index is 0. The van der Waals surface area contributed by atoms with Crippen LogP contribution >= 0.6 is 0 Å². The van der Waals surface area contributed by atoms with E-state index in [2.05, 4.69) is 19.9 Å². The molecule has 1 aromatic rings. The molecule has 0 unspecified atom stereocenters. The first kappa shape index (κ1) is 17.2. The fraction of sp³-hybridized carbons (Fsp3) is 0.538. The van der Waals surface area contributed by atoms with Crippen molar-refractivity contribution < 1.29 is 18.9 Å². The number of benzene rings is 1. The predicted octanol–water partition coefficient (Wildman–Crippen LogP) is 0.536. The van der Waals surface area contributed by atoms with Gasteiger partial charge in [-0.15, -0.1) is 5.56 Å². The molecule has 2 N–H and O–H groups in total. The number of hydrogen-bond acceptors (Lipinski definition) is 1. The predicted molar refractivity (Wildman–Crippen MR) is 63.0 cm³/mol. The van der Waals surface area contributed by atoms with Crippen molar-refractivity contribution in [3.8, 4) is 0 Å². The summed E-state index contributed by atoms with van der Waals surface area (Å²) < 4.78 is 0. The van der Waals surface area contributed by atoms with E-state index in [1.165, 1.54) is 25.7 Å². The summed E-state index contributed by atoms with van der Waals surface area (Å²) in [7, 11) is 0. The van der Waals surface area contributed by atoms with Gasteiger partial charge in [-0.1, -0.05) is 39.5 Å². The monoisotopic (exact) mass is 199 g/mol. The number of hydrogen-bond donors (Lipinski definition) is 1. The Morgan fingerprint density at radius 2 is 1.53 bits per heavy atom. The van der Waals surface area contributed by atoms with E-state index >= 15 is 0 Å². The van der Waals surface area contributed by atoms with Crippen molar-refractivity contribution >= 4 is 0 Å². The molecule has 0 aromatic heterocycles. The molecule has 0 bridgehead atoms. The third kappa shape index (κ3) is 11.7. The third-order valence-electron chi connectivity index (χ3n) is 1.98. The first-order chi connectivity index (χ1) is 6.85. The summed E-state index contributed by atoms with van der Waals surface area (Å²) in [5.41, 5.74) is 6.49. The zero-order valence-electron chi connectivity index (χ0n) is 10.4. The fourth-order valence-electron chi connectivity index (χ4n) is 1.06. The Morgan fingerprint density at radius 3 is 1.80 bits per heavy atom. The molecule has 0 spiro atoms. The van der Waals surface area contributed by atoms with E-state index in [1.54, 1.807) is 0 Å². The van der Waals surface area contributed by atoms with Crippen molar-refractivity contribution in [1.29, 1.82) is 0 Å². The largest absolute Gasteiger partial charge is 1.00 e. The molecule has 0 aliphatic carbocycles. The van der Waals surface area contributed by atoms with E-state index in [1.807, 2.05) is 24.3 Å². The van der Waals surface area contributed by atoms with E-state index in [4.69, 9.17) is 5.73 Å². The van der Waals surface area contributed by atoms with Crippen LogP contribution in [0.15, 0.2) is 24.3 Å². The van der Waals surface area contributed by atoms with Crippen molar-refractivity contribution in [2.45, 2.75) is 46.1 Å². The maximum absolute atomic E-state index is 5.34. The number of unbranched alkanes of at least 4 members (excludes halogenated alkanes) is 3. The topological polar surface area (TPSA) is 26.0 Å². The van der Waals surface area contributed by atoms with Gasteiger partial charge in [-0.2, -0.15) is 30.3 Å². The van der Waals surface area contributed by atoms with Crippen LogP contribution in [0.1, 0.15) is 45.1 Å². The van der Waals surface area contributed by atoms with Crippen LogP contribution in [0.4, 0.5) is 0 Å². The normalized spacial score (nSPS) is 8.47. The Bertz CT molecular complexity index is 195. The Labute approximate surface area is 107 Å².